The highest BCUT2D eigenvalue weighted by atomic mass is 19.3. The molecule has 21 heavy (non-hydrogen) atoms. The lowest BCUT2D eigenvalue weighted by atomic mass is 9.92. The molecule has 2 fully saturated rings. The summed E-state index contributed by atoms with van der Waals surface area (Å²) in [5, 5.41) is 2.75. The Kier molecular flexibility index (Phi) is 4.88. The highest BCUT2D eigenvalue weighted by molar-refractivity contribution is 5.73. The Labute approximate surface area is 125 Å². The zero-order valence-electron chi connectivity index (χ0n) is 13.1. The number of nitrogens with zero attached hydrogens (tertiary/aromatic N) is 1. The number of carbonyl (C=O) groups is 1. The number of halogens is 2. The van der Waals surface area contributed by atoms with E-state index < -0.39 is 17.6 Å². The van der Waals surface area contributed by atoms with E-state index >= 15 is 0 Å². The molecule has 1 atom stereocenters. The lowest BCUT2D eigenvalue weighted by Gasteiger charge is -2.42. The lowest BCUT2D eigenvalue weighted by Crippen LogP contribution is -2.58. The van der Waals surface area contributed by atoms with Gasteiger partial charge in [-0.15, -0.1) is 0 Å². The van der Waals surface area contributed by atoms with E-state index in [1.54, 1.807) is 0 Å². The van der Waals surface area contributed by atoms with Crippen molar-refractivity contribution >= 4 is 5.97 Å². The Hall–Kier alpha value is -0.750. The van der Waals surface area contributed by atoms with Crippen molar-refractivity contribution in [3.05, 3.63) is 0 Å². The third-order valence-electron chi connectivity index (χ3n) is 4.15. The van der Waals surface area contributed by atoms with Crippen molar-refractivity contribution in [1.29, 1.82) is 0 Å². The molecule has 1 unspecified atom stereocenters. The van der Waals surface area contributed by atoms with Crippen molar-refractivity contribution in [3.8, 4) is 0 Å². The normalized spacial score (nSPS) is 28.3. The van der Waals surface area contributed by atoms with E-state index in [1.165, 1.54) is 0 Å². The standard InChI is InChI=1S/C15H26F2N2O2/c1-14(2,3)21-13(20)11-5-8-19(9-6-11)12-4-7-18-10-15(12,16)17/h11-12,18H,4-10H2,1-3H3. The Bertz CT molecular complexity index is 374. The second-order valence-electron chi connectivity index (χ2n) is 7.09. The molecule has 2 saturated heterocycles. The highest BCUT2D eigenvalue weighted by Gasteiger charge is 2.46. The number of ether oxygens (including phenoxy) is 1. The summed E-state index contributed by atoms with van der Waals surface area (Å²) in [5.74, 6) is -3.04. The van der Waals surface area contributed by atoms with Crippen LogP contribution >= 0.6 is 0 Å². The smallest absolute Gasteiger partial charge is 0.309 e. The van der Waals surface area contributed by atoms with Crippen molar-refractivity contribution in [2.24, 2.45) is 5.92 Å². The predicted molar refractivity (Wildman–Crippen MR) is 76.4 cm³/mol. The van der Waals surface area contributed by atoms with Gasteiger partial charge in [-0.2, -0.15) is 0 Å². The van der Waals surface area contributed by atoms with Crippen LogP contribution in [0.2, 0.25) is 0 Å². The maximum absolute atomic E-state index is 13.9. The maximum atomic E-state index is 13.9. The van der Waals surface area contributed by atoms with E-state index in [0.29, 0.717) is 38.9 Å². The molecule has 0 spiro atoms. The van der Waals surface area contributed by atoms with Crippen LogP contribution in [-0.4, -0.2) is 54.6 Å². The summed E-state index contributed by atoms with van der Waals surface area (Å²) < 4.78 is 33.3. The Morgan fingerprint density at radius 1 is 1.24 bits per heavy atom. The van der Waals surface area contributed by atoms with Gasteiger partial charge in [-0.3, -0.25) is 9.69 Å². The number of carbonyl (C=O) groups excluding carboxylic acids is 1. The largest absolute Gasteiger partial charge is 0.460 e. The number of hydrogen-bond acceptors (Lipinski definition) is 4. The fourth-order valence-corrected chi connectivity index (χ4v) is 3.10. The zero-order valence-corrected chi connectivity index (χ0v) is 13.1. The molecule has 6 heteroatoms. The summed E-state index contributed by atoms with van der Waals surface area (Å²) in [7, 11) is 0. The molecule has 0 radical (unpaired) electrons. The topological polar surface area (TPSA) is 41.6 Å². The third kappa shape index (κ3) is 4.36. The summed E-state index contributed by atoms with van der Waals surface area (Å²) in [6.07, 6.45) is 1.67. The van der Waals surface area contributed by atoms with E-state index in [1.807, 2.05) is 25.7 Å². The SMILES string of the molecule is CC(C)(C)OC(=O)C1CCN(C2CCNCC2(F)F)CC1. The average Bonchev–Trinajstić information content (AvgIpc) is 2.36. The zero-order chi connectivity index (χ0) is 15.7. The first-order valence-corrected chi connectivity index (χ1v) is 7.74. The van der Waals surface area contributed by atoms with Crippen LogP contribution in [0.4, 0.5) is 8.78 Å². The van der Waals surface area contributed by atoms with Gasteiger partial charge in [-0.25, -0.2) is 8.78 Å². The number of likely N-dealkylation sites (tertiary alicyclic amines) is 1. The molecule has 4 nitrogen and oxygen atoms in total. The van der Waals surface area contributed by atoms with Crippen LogP contribution in [0.15, 0.2) is 0 Å². The van der Waals surface area contributed by atoms with Gasteiger partial charge in [-0.1, -0.05) is 0 Å². The molecule has 0 aromatic carbocycles. The maximum Gasteiger partial charge on any atom is 0.309 e. The van der Waals surface area contributed by atoms with E-state index in [0.717, 1.165) is 0 Å². The second kappa shape index (κ2) is 6.16. The minimum absolute atomic E-state index is 0.157. The summed E-state index contributed by atoms with van der Waals surface area (Å²) in [6, 6.07) is -0.696. The van der Waals surface area contributed by atoms with Crippen molar-refractivity contribution < 1.29 is 18.3 Å². The first-order chi connectivity index (χ1) is 9.69. The van der Waals surface area contributed by atoms with E-state index in [9.17, 15) is 13.6 Å². The van der Waals surface area contributed by atoms with E-state index in [2.05, 4.69) is 5.32 Å². The number of rotatable bonds is 2. The monoisotopic (exact) mass is 304 g/mol. The van der Waals surface area contributed by atoms with Crippen LogP contribution < -0.4 is 5.32 Å². The molecule has 0 amide bonds. The van der Waals surface area contributed by atoms with E-state index in [-0.39, 0.29) is 18.4 Å². The van der Waals surface area contributed by atoms with Gasteiger partial charge in [0.05, 0.1) is 18.5 Å². The Balaban J connectivity index is 1.87. The van der Waals surface area contributed by atoms with Crippen molar-refractivity contribution in [2.45, 2.75) is 57.6 Å². The van der Waals surface area contributed by atoms with Crippen LogP contribution in [0.1, 0.15) is 40.0 Å². The molecule has 0 aromatic rings. The molecular weight excluding hydrogens is 278 g/mol. The van der Waals surface area contributed by atoms with Crippen LogP contribution in [-0.2, 0) is 9.53 Å². The number of hydrogen-bond donors (Lipinski definition) is 1. The van der Waals surface area contributed by atoms with Crippen LogP contribution in [0.3, 0.4) is 0 Å². The minimum atomic E-state index is -2.68. The number of nitrogens with one attached hydrogen (secondary N) is 1. The van der Waals surface area contributed by atoms with Crippen LogP contribution in [0.25, 0.3) is 0 Å². The summed E-state index contributed by atoms with van der Waals surface area (Å²) in [6.45, 7) is 7.01. The molecule has 0 aromatic heterocycles. The van der Waals surface area contributed by atoms with Gasteiger partial charge < -0.3 is 10.1 Å². The molecule has 1 N–H and O–H groups in total. The van der Waals surface area contributed by atoms with Gasteiger partial charge in [0.15, 0.2) is 0 Å². The van der Waals surface area contributed by atoms with Gasteiger partial charge >= 0.3 is 5.97 Å². The number of piperidine rings is 2. The summed E-state index contributed by atoms with van der Waals surface area (Å²) in [4.78, 5) is 13.9. The van der Waals surface area contributed by atoms with Gasteiger partial charge in [0.2, 0.25) is 0 Å². The first-order valence-electron chi connectivity index (χ1n) is 7.74. The van der Waals surface area contributed by atoms with Crippen molar-refractivity contribution in [2.75, 3.05) is 26.2 Å². The molecule has 2 aliphatic heterocycles. The molecule has 122 valence electrons. The van der Waals surface area contributed by atoms with E-state index in [4.69, 9.17) is 4.74 Å². The van der Waals surface area contributed by atoms with Gasteiger partial charge in [0.25, 0.3) is 5.92 Å². The van der Waals surface area contributed by atoms with Crippen molar-refractivity contribution in [1.82, 2.24) is 10.2 Å². The first kappa shape index (κ1) is 16.6. The molecule has 0 bridgehead atoms. The average molecular weight is 304 g/mol. The highest BCUT2D eigenvalue weighted by Crippen LogP contribution is 2.31. The predicted octanol–water partition coefficient (Wildman–Crippen LogP) is 2.04. The quantitative estimate of drug-likeness (QED) is 0.793. The third-order valence-corrected chi connectivity index (χ3v) is 4.15. The number of esters is 1. The second-order valence-corrected chi connectivity index (χ2v) is 7.09. The molecular formula is C15H26F2N2O2. The summed E-state index contributed by atoms with van der Waals surface area (Å²) in [5.41, 5.74) is -0.490. The van der Waals surface area contributed by atoms with Gasteiger partial charge in [0, 0.05) is 0 Å². The van der Waals surface area contributed by atoms with Crippen LogP contribution in [0.5, 0.6) is 0 Å². The van der Waals surface area contributed by atoms with Gasteiger partial charge in [-0.05, 0) is 59.7 Å². The molecule has 0 aliphatic carbocycles. The Morgan fingerprint density at radius 3 is 2.38 bits per heavy atom. The number of alkyl halides is 2. The molecule has 2 rings (SSSR count). The molecule has 2 aliphatic rings. The fourth-order valence-electron chi connectivity index (χ4n) is 3.10. The molecule has 0 saturated carbocycles. The fraction of sp³-hybridized carbons (Fsp3) is 0.933. The van der Waals surface area contributed by atoms with Crippen molar-refractivity contribution in [3.63, 3.8) is 0 Å². The van der Waals surface area contributed by atoms with Crippen LogP contribution in [0, 0.1) is 5.92 Å². The minimum Gasteiger partial charge on any atom is -0.460 e. The molecule has 2 heterocycles. The summed E-state index contributed by atoms with van der Waals surface area (Å²) >= 11 is 0. The lowest BCUT2D eigenvalue weighted by molar-refractivity contribution is -0.163. The van der Waals surface area contributed by atoms with Gasteiger partial charge in [0.1, 0.15) is 5.60 Å². The Morgan fingerprint density at radius 2 is 1.86 bits per heavy atom.